The zero-order valence-electron chi connectivity index (χ0n) is 21.9. The second-order valence-electron chi connectivity index (χ2n) is 9.90. The molecule has 0 spiro atoms. The molecule has 0 N–H and O–H groups in total. The van der Waals surface area contributed by atoms with E-state index in [9.17, 15) is 0 Å². The van der Waals surface area contributed by atoms with Gasteiger partial charge in [-0.1, -0.05) is 109 Å². The van der Waals surface area contributed by atoms with Gasteiger partial charge in [0.1, 0.15) is 11.1 Å². The number of hydrogen-bond donors (Lipinski definition) is 0. The number of fused-ring (bicyclic) bond motifs is 4. The SMILES string of the molecule is c1ccc(-c2cccc(-c3nc(-c4ccccc4)nc(-c4c5ccccc5nc5c4oc4ccccc45)n3)c2)cc1. The van der Waals surface area contributed by atoms with Crippen molar-refractivity contribution in [3.05, 3.63) is 133 Å². The Morgan fingerprint density at radius 3 is 1.80 bits per heavy atom. The van der Waals surface area contributed by atoms with Crippen molar-refractivity contribution >= 4 is 33.0 Å². The summed E-state index contributed by atoms with van der Waals surface area (Å²) < 4.78 is 6.45. The van der Waals surface area contributed by atoms with E-state index in [1.807, 2.05) is 109 Å². The lowest BCUT2D eigenvalue weighted by molar-refractivity contribution is 0.669. The number of furan rings is 1. The van der Waals surface area contributed by atoms with E-state index >= 15 is 0 Å². The second kappa shape index (κ2) is 9.50. The highest BCUT2D eigenvalue weighted by atomic mass is 16.3. The van der Waals surface area contributed by atoms with Crippen LogP contribution in [0, 0.1) is 0 Å². The van der Waals surface area contributed by atoms with Crippen molar-refractivity contribution in [3.63, 3.8) is 0 Å². The lowest BCUT2D eigenvalue weighted by Crippen LogP contribution is -2.01. The van der Waals surface area contributed by atoms with Crippen LogP contribution in [0.2, 0.25) is 0 Å². The van der Waals surface area contributed by atoms with Crippen LogP contribution < -0.4 is 0 Å². The Hall–Kier alpha value is -5.68. The lowest BCUT2D eigenvalue weighted by atomic mass is 10.0. The molecule has 0 fully saturated rings. The summed E-state index contributed by atoms with van der Waals surface area (Å²) >= 11 is 0. The molecule has 192 valence electrons. The van der Waals surface area contributed by atoms with Gasteiger partial charge in [-0.25, -0.2) is 19.9 Å². The van der Waals surface area contributed by atoms with E-state index in [2.05, 4.69) is 24.3 Å². The van der Waals surface area contributed by atoms with E-state index in [0.717, 1.165) is 55.2 Å². The smallest absolute Gasteiger partial charge is 0.168 e. The van der Waals surface area contributed by atoms with E-state index in [1.54, 1.807) is 0 Å². The largest absolute Gasteiger partial charge is 0.454 e. The lowest BCUT2D eigenvalue weighted by Gasteiger charge is -2.11. The van der Waals surface area contributed by atoms with Crippen molar-refractivity contribution in [2.24, 2.45) is 0 Å². The van der Waals surface area contributed by atoms with E-state index < -0.39 is 0 Å². The zero-order valence-corrected chi connectivity index (χ0v) is 21.9. The van der Waals surface area contributed by atoms with Gasteiger partial charge < -0.3 is 4.42 Å². The summed E-state index contributed by atoms with van der Waals surface area (Å²) in [5.41, 5.74) is 7.96. The predicted octanol–water partition coefficient (Wildman–Crippen LogP) is 8.99. The highest BCUT2D eigenvalue weighted by Crippen LogP contribution is 2.39. The van der Waals surface area contributed by atoms with Gasteiger partial charge in [0.05, 0.1) is 11.1 Å². The average Bonchev–Trinajstić information content (AvgIpc) is 3.42. The first-order valence-electron chi connectivity index (χ1n) is 13.5. The molecule has 0 aliphatic carbocycles. The number of benzene rings is 5. The number of hydrogen-bond acceptors (Lipinski definition) is 5. The minimum atomic E-state index is 0.543. The quantitative estimate of drug-likeness (QED) is 0.229. The summed E-state index contributed by atoms with van der Waals surface area (Å²) in [4.78, 5) is 20.1. The van der Waals surface area contributed by atoms with Crippen molar-refractivity contribution in [3.8, 4) is 45.3 Å². The van der Waals surface area contributed by atoms with Crippen LogP contribution in [0.1, 0.15) is 0 Å². The molecule has 3 aromatic heterocycles. The van der Waals surface area contributed by atoms with Crippen molar-refractivity contribution in [2.75, 3.05) is 0 Å². The second-order valence-corrected chi connectivity index (χ2v) is 9.90. The van der Waals surface area contributed by atoms with Crippen LogP contribution >= 0.6 is 0 Å². The standard InChI is InChI=1S/C36H22N4O/c1-3-12-23(13-4-1)25-16-11-17-26(22-25)35-38-34(24-14-5-2-6-15-24)39-36(40-35)31-27-18-7-9-20-29(27)37-32-28-19-8-10-21-30(28)41-33(31)32/h1-22H. The maximum atomic E-state index is 6.45. The fourth-order valence-electron chi connectivity index (χ4n) is 5.36. The number of nitrogens with zero attached hydrogens (tertiary/aromatic N) is 4. The van der Waals surface area contributed by atoms with Crippen LogP contribution in [0.3, 0.4) is 0 Å². The molecule has 3 heterocycles. The van der Waals surface area contributed by atoms with Gasteiger partial charge in [-0.05, 0) is 35.4 Å². The van der Waals surface area contributed by atoms with Crippen LogP contribution in [-0.4, -0.2) is 19.9 Å². The molecular weight excluding hydrogens is 504 g/mol. The Morgan fingerprint density at radius 2 is 1.00 bits per heavy atom. The van der Waals surface area contributed by atoms with E-state index in [4.69, 9.17) is 24.4 Å². The Labute approximate surface area is 235 Å². The average molecular weight is 527 g/mol. The molecule has 0 saturated heterocycles. The van der Waals surface area contributed by atoms with Crippen LogP contribution in [0.4, 0.5) is 0 Å². The van der Waals surface area contributed by atoms with Crippen molar-refractivity contribution in [2.45, 2.75) is 0 Å². The molecule has 41 heavy (non-hydrogen) atoms. The summed E-state index contributed by atoms with van der Waals surface area (Å²) in [5.74, 6) is 1.74. The first-order chi connectivity index (χ1) is 20.3. The number of pyridine rings is 1. The van der Waals surface area contributed by atoms with Crippen molar-refractivity contribution in [1.29, 1.82) is 0 Å². The summed E-state index contributed by atoms with van der Waals surface area (Å²) in [6.45, 7) is 0. The third kappa shape index (κ3) is 4.03. The van der Waals surface area contributed by atoms with Crippen LogP contribution in [0.5, 0.6) is 0 Å². The van der Waals surface area contributed by atoms with Gasteiger partial charge in [0.25, 0.3) is 0 Å². The molecule has 8 rings (SSSR count). The molecule has 0 unspecified atom stereocenters. The Morgan fingerprint density at radius 1 is 0.415 bits per heavy atom. The van der Waals surface area contributed by atoms with E-state index in [-0.39, 0.29) is 0 Å². The molecule has 5 nitrogen and oxygen atoms in total. The molecule has 0 radical (unpaired) electrons. The normalized spacial score (nSPS) is 11.4. The summed E-state index contributed by atoms with van der Waals surface area (Å²) in [6.07, 6.45) is 0. The van der Waals surface area contributed by atoms with E-state index in [0.29, 0.717) is 23.1 Å². The molecule has 0 aliphatic rings. The van der Waals surface area contributed by atoms with Crippen LogP contribution in [-0.2, 0) is 0 Å². The zero-order chi connectivity index (χ0) is 27.2. The Kier molecular flexibility index (Phi) is 5.38. The first-order valence-corrected chi connectivity index (χ1v) is 13.5. The number of aromatic nitrogens is 4. The monoisotopic (exact) mass is 526 g/mol. The highest BCUT2D eigenvalue weighted by Gasteiger charge is 2.21. The first kappa shape index (κ1) is 23.2. The fourth-order valence-corrected chi connectivity index (χ4v) is 5.36. The third-order valence-corrected chi connectivity index (χ3v) is 7.32. The number of rotatable bonds is 4. The Bertz CT molecular complexity index is 2210. The summed E-state index contributed by atoms with van der Waals surface area (Å²) in [7, 11) is 0. The third-order valence-electron chi connectivity index (χ3n) is 7.32. The van der Waals surface area contributed by atoms with Gasteiger partial charge in [-0.2, -0.15) is 0 Å². The van der Waals surface area contributed by atoms with Gasteiger partial charge in [0.15, 0.2) is 23.1 Å². The predicted molar refractivity (Wildman–Crippen MR) is 164 cm³/mol. The molecule has 0 bridgehead atoms. The molecule has 0 amide bonds. The molecule has 5 aromatic carbocycles. The van der Waals surface area contributed by atoms with Crippen molar-refractivity contribution in [1.82, 2.24) is 19.9 Å². The van der Waals surface area contributed by atoms with E-state index in [1.165, 1.54) is 0 Å². The summed E-state index contributed by atoms with van der Waals surface area (Å²) in [5, 5.41) is 1.89. The molecule has 0 atom stereocenters. The van der Waals surface area contributed by atoms with Gasteiger partial charge in [0.2, 0.25) is 0 Å². The maximum Gasteiger partial charge on any atom is 0.168 e. The molecule has 0 aliphatic heterocycles. The summed E-state index contributed by atoms with van der Waals surface area (Å²) in [6, 6.07) is 44.7. The van der Waals surface area contributed by atoms with Crippen molar-refractivity contribution < 1.29 is 4.42 Å². The maximum absolute atomic E-state index is 6.45. The minimum absolute atomic E-state index is 0.543. The Balaban J connectivity index is 1.43. The fraction of sp³-hybridized carbons (Fsp3) is 0. The molecule has 8 aromatic rings. The van der Waals surface area contributed by atoms with Gasteiger partial charge >= 0.3 is 0 Å². The van der Waals surface area contributed by atoms with Gasteiger partial charge in [-0.3, -0.25) is 0 Å². The van der Waals surface area contributed by atoms with Gasteiger partial charge in [0, 0.05) is 21.9 Å². The number of para-hydroxylation sites is 2. The van der Waals surface area contributed by atoms with Crippen LogP contribution in [0.15, 0.2) is 138 Å². The van der Waals surface area contributed by atoms with Crippen LogP contribution in [0.25, 0.3) is 78.3 Å². The molecule has 5 heteroatoms. The highest BCUT2D eigenvalue weighted by molar-refractivity contribution is 6.14. The topological polar surface area (TPSA) is 64.7 Å². The minimum Gasteiger partial charge on any atom is -0.454 e. The molecular formula is C36H22N4O. The van der Waals surface area contributed by atoms with Gasteiger partial charge in [-0.15, -0.1) is 0 Å². The molecule has 0 saturated carbocycles.